The molecule has 0 radical (unpaired) electrons. The lowest BCUT2D eigenvalue weighted by Gasteiger charge is -2.19. The average Bonchev–Trinajstić information content (AvgIpc) is 3.19. The summed E-state index contributed by atoms with van der Waals surface area (Å²) < 4.78 is 43.2. The zero-order valence-electron chi connectivity index (χ0n) is 30.2. The minimum Gasteiger partial charge on any atom is -0.493 e. The number of hydrogen-bond donors (Lipinski definition) is 2. The smallest absolute Gasteiger partial charge is 0.168 e. The zero-order valence-corrected chi connectivity index (χ0v) is 30.2. The largest absolute Gasteiger partial charge is 0.493 e. The van der Waals surface area contributed by atoms with E-state index in [4.69, 9.17) is 37.9 Å². The molecule has 12 nitrogen and oxygen atoms in total. The summed E-state index contributed by atoms with van der Waals surface area (Å²) in [6, 6.07) is 13.4. The third kappa shape index (κ3) is 8.95. The molecule has 0 spiro atoms. The molecule has 0 aliphatic heterocycles. The fraction of sp³-hybridized carbons (Fsp3) is 0.316. The van der Waals surface area contributed by atoms with Crippen LogP contribution in [-0.2, 0) is 13.2 Å². The Bertz CT molecular complexity index is 1610. The first-order valence-corrected chi connectivity index (χ1v) is 15.4. The van der Waals surface area contributed by atoms with Crippen LogP contribution in [0.2, 0.25) is 0 Å². The van der Waals surface area contributed by atoms with Gasteiger partial charge in [0.25, 0.3) is 0 Å². The van der Waals surface area contributed by atoms with Gasteiger partial charge in [0.1, 0.15) is 12.6 Å². The number of methoxy groups -OCH3 is 8. The van der Waals surface area contributed by atoms with Crippen LogP contribution in [-0.4, -0.2) is 79.7 Å². The van der Waals surface area contributed by atoms with Crippen molar-refractivity contribution < 1.29 is 57.7 Å². The Morgan fingerprint density at radius 1 is 0.420 bits per heavy atom. The molecule has 0 aromatic heterocycles. The number of benzene rings is 4. The standard InChI is InChI=1S/C18H22O6.C18H18O6.C2H6/c2*1-21-15-7-11(9-19)5-13(17(15)23-3)14-6-12(10-20)8-16(22-2)18(14)24-4;1-2/h5-8,19-20H,9-10H2,1-4H3;5-10H,1-4H3;1-2H3. The van der Waals surface area contributed by atoms with Crippen molar-refractivity contribution in [3.63, 3.8) is 0 Å². The van der Waals surface area contributed by atoms with E-state index in [0.717, 1.165) is 0 Å². The molecule has 0 unspecified atom stereocenters. The van der Waals surface area contributed by atoms with Gasteiger partial charge >= 0.3 is 0 Å². The Kier molecular flexibility index (Phi) is 16.4. The van der Waals surface area contributed by atoms with Crippen molar-refractivity contribution in [1.82, 2.24) is 0 Å². The number of ether oxygens (including phenoxy) is 8. The van der Waals surface area contributed by atoms with Crippen molar-refractivity contribution in [1.29, 1.82) is 0 Å². The second-order valence-corrected chi connectivity index (χ2v) is 9.92. The second kappa shape index (κ2) is 20.1. The summed E-state index contributed by atoms with van der Waals surface area (Å²) in [6.07, 6.45) is 1.41. The Morgan fingerprint density at radius 2 is 0.680 bits per heavy atom. The minimum atomic E-state index is -0.146. The van der Waals surface area contributed by atoms with Gasteiger partial charge in [-0.2, -0.15) is 0 Å². The van der Waals surface area contributed by atoms with Crippen LogP contribution in [0.4, 0.5) is 0 Å². The van der Waals surface area contributed by atoms with Crippen molar-refractivity contribution in [2.24, 2.45) is 0 Å². The van der Waals surface area contributed by atoms with Crippen LogP contribution in [0.3, 0.4) is 0 Å². The summed E-state index contributed by atoms with van der Waals surface area (Å²) in [5, 5.41) is 19.1. The first-order chi connectivity index (χ1) is 24.2. The van der Waals surface area contributed by atoms with Crippen molar-refractivity contribution in [3.8, 4) is 68.2 Å². The number of aliphatic hydroxyl groups excluding tert-OH is 2. The van der Waals surface area contributed by atoms with Gasteiger partial charge in [0.2, 0.25) is 0 Å². The molecule has 0 saturated heterocycles. The van der Waals surface area contributed by atoms with Crippen LogP contribution in [0.1, 0.15) is 45.7 Å². The van der Waals surface area contributed by atoms with E-state index in [0.29, 0.717) is 103 Å². The molecule has 4 aromatic carbocycles. The Balaban J connectivity index is 0.000000330. The molecule has 0 aliphatic carbocycles. The van der Waals surface area contributed by atoms with Gasteiger partial charge in [-0.3, -0.25) is 9.59 Å². The highest BCUT2D eigenvalue weighted by Gasteiger charge is 2.22. The molecule has 270 valence electrons. The number of carbonyl (C=O) groups is 2. The number of aldehydes is 2. The lowest BCUT2D eigenvalue weighted by atomic mass is 9.97. The summed E-state index contributed by atoms with van der Waals surface area (Å²) in [5.74, 6) is 3.64. The van der Waals surface area contributed by atoms with Gasteiger partial charge in [-0.05, 0) is 59.7 Å². The van der Waals surface area contributed by atoms with E-state index in [-0.39, 0.29) is 13.2 Å². The molecule has 0 fully saturated rings. The molecule has 12 heteroatoms. The van der Waals surface area contributed by atoms with Crippen molar-refractivity contribution in [3.05, 3.63) is 70.8 Å². The Morgan fingerprint density at radius 3 is 0.900 bits per heavy atom. The van der Waals surface area contributed by atoms with Gasteiger partial charge in [-0.15, -0.1) is 0 Å². The maximum absolute atomic E-state index is 11.3. The van der Waals surface area contributed by atoms with E-state index in [2.05, 4.69) is 0 Å². The summed E-state index contributed by atoms with van der Waals surface area (Å²) in [4.78, 5) is 22.5. The van der Waals surface area contributed by atoms with Crippen LogP contribution in [0.25, 0.3) is 22.3 Å². The van der Waals surface area contributed by atoms with E-state index in [1.165, 1.54) is 42.7 Å². The SMILES string of the molecule is CC.COc1cc(C=O)cc(-c2cc(C=O)cc(OC)c2OC)c1OC.COc1cc(CO)cc(-c2cc(CO)cc(OC)c2OC)c1OC. The van der Waals surface area contributed by atoms with Crippen LogP contribution in [0.5, 0.6) is 46.0 Å². The van der Waals surface area contributed by atoms with Crippen molar-refractivity contribution >= 4 is 12.6 Å². The van der Waals surface area contributed by atoms with Crippen LogP contribution >= 0.6 is 0 Å². The molecule has 0 amide bonds. The molecule has 2 N–H and O–H groups in total. The Hall–Kier alpha value is -5.46. The summed E-state index contributed by atoms with van der Waals surface area (Å²) in [6.45, 7) is 3.71. The Labute approximate surface area is 293 Å². The monoisotopic (exact) mass is 694 g/mol. The van der Waals surface area contributed by atoms with Gasteiger partial charge in [0, 0.05) is 33.4 Å². The number of carbonyl (C=O) groups excluding carboxylic acids is 2. The minimum absolute atomic E-state index is 0.146. The summed E-state index contributed by atoms with van der Waals surface area (Å²) >= 11 is 0. The van der Waals surface area contributed by atoms with E-state index in [1.54, 1.807) is 62.8 Å². The van der Waals surface area contributed by atoms with Crippen molar-refractivity contribution in [2.75, 3.05) is 56.9 Å². The van der Waals surface area contributed by atoms with Crippen LogP contribution < -0.4 is 37.9 Å². The highest BCUT2D eigenvalue weighted by atomic mass is 16.5. The molecule has 50 heavy (non-hydrogen) atoms. The maximum Gasteiger partial charge on any atom is 0.168 e. The van der Waals surface area contributed by atoms with Gasteiger partial charge in [0.15, 0.2) is 46.0 Å². The highest BCUT2D eigenvalue weighted by molar-refractivity contribution is 5.90. The second-order valence-electron chi connectivity index (χ2n) is 9.92. The molecular weight excluding hydrogens is 648 g/mol. The predicted octanol–water partition coefficient (Wildman–Crippen LogP) is 6.41. The number of hydrogen-bond acceptors (Lipinski definition) is 12. The maximum atomic E-state index is 11.3. The first kappa shape index (κ1) is 40.7. The van der Waals surface area contributed by atoms with Gasteiger partial charge in [0.05, 0.1) is 70.1 Å². The molecule has 0 saturated carbocycles. The fourth-order valence-electron chi connectivity index (χ4n) is 5.13. The van der Waals surface area contributed by atoms with Gasteiger partial charge < -0.3 is 48.1 Å². The van der Waals surface area contributed by atoms with Gasteiger partial charge in [-0.25, -0.2) is 0 Å². The fourth-order valence-corrected chi connectivity index (χ4v) is 5.13. The van der Waals surface area contributed by atoms with E-state index < -0.39 is 0 Å². The van der Waals surface area contributed by atoms with E-state index >= 15 is 0 Å². The number of rotatable bonds is 14. The quantitative estimate of drug-likeness (QED) is 0.141. The molecule has 0 aliphatic rings. The average molecular weight is 695 g/mol. The summed E-state index contributed by atoms with van der Waals surface area (Å²) in [7, 11) is 12.1. The number of aliphatic hydroxyl groups is 2. The molecule has 0 bridgehead atoms. The van der Waals surface area contributed by atoms with E-state index in [1.807, 2.05) is 13.8 Å². The normalized spacial score (nSPS) is 9.92. The molecular formula is C38H46O12. The van der Waals surface area contributed by atoms with Crippen molar-refractivity contribution in [2.45, 2.75) is 27.1 Å². The molecule has 0 atom stereocenters. The third-order valence-electron chi connectivity index (χ3n) is 7.30. The molecule has 0 heterocycles. The lowest BCUT2D eigenvalue weighted by Crippen LogP contribution is -2.00. The van der Waals surface area contributed by atoms with Crippen LogP contribution in [0, 0.1) is 0 Å². The topological polar surface area (TPSA) is 148 Å². The third-order valence-corrected chi connectivity index (χ3v) is 7.30. The van der Waals surface area contributed by atoms with Crippen LogP contribution in [0.15, 0.2) is 48.5 Å². The predicted molar refractivity (Wildman–Crippen MR) is 190 cm³/mol. The summed E-state index contributed by atoms with van der Waals surface area (Å²) in [5.41, 5.74) is 4.59. The highest BCUT2D eigenvalue weighted by Crippen LogP contribution is 2.47. The zero-order chi connectivity index (χ0) is 37.4. The van der Waals surface area contributed by atoms with E-state index in [9.17, 15) is 19.8 Å². The molecule has 4 aromatic rings. The van der Waals surface area contributed by atoms with Gasteiger partial charge in [-0.1, -0.05) is 13.8 Å². The first-order valence-electron chi connectivity index (χ1n) is 15.4. The lowest BCUT2D eigenvalue weighted by molar-refractivity contribution is 0.111. The molecule has 4 rings (SSSR count).